The predicted octanol–water partition coefficient (Wildman–Crippen LogP) is 5.05. The van der Waals surface area contributed by atoms with E-state index in [1.807, 2.05) is 43.9 Å². The van der Waals surface area contributed by atoms with Crippen molar-refractivity contribution in [3.05, 3.63) is 47.9 Å². The molecule has 3 atom stereocenters. The Morgan fingerprint density at radius 1 is 1.15 bits per heavy atom. The van der Waals surface area contributed by atoms with Gasteiger partial charge in [0, 0.05) is 18.1 Å². The smallest absolute Gasteiger partial charge is 0.410 e. The number of aromatic nitrogens is 1. The van der Waals surface area contributed by atoms with E-state index in [4.69, 9.17) is 13.9 Å². The van der Waals surface area contributed by atoms with Crippen LogP contribution in [0.5, 0.6) is 0 Å². The molecule has 33 heavy (non-hydrogen) atoms. The fourth-order valence-electron chi connectivity index (χ4n) is 4.25. The second kappa shape index (κ2) is 10.7. The summed E-state index contributed by atoms with van der Waals surface area (Å²) in [6.45, 7) is 9.75. The summed E-state index contributed by atoms with van der Waals surface area (Å²) in [6.07, 6.45) is 3.94. The monoisotopic (exact) mass is 457 g/mol. The van der Waals surface area contributed by atoms with E-state index in [-0.39, 0.29) is 42.5 Å². The summed E-state index contributed by atoms with van der Waals surface area (Å²) in [5.74, 6) is -0.512. The van der Waals surface area contributed by atoms with Gasteiger partial charge in [-0.05, 0) is 58.9 Å². The topological polar surface area (TPSA) is 93.9 Å². The second-order valence-electron chi connectivity index (χ2n) is 9.36. The van der Waals surface area contributed by atoms with Crippen LogP contribution in [0, 0.1) is 0 Å². The molecule has 1 aromatic carbocycles. The molecule has 1 aromatic heterocycles. The number of hydrogen-bond donors (Lipinski definition) is 1. The molecule has 1 aliphatic heterocycles. The highest BCUT2D eigenvalue weighted by Crippen LogP contribution is 2.31. The van der Waals surface area contributed by atoms with E-state index in [9.17, 15) is 9.59 Å². The number of oxazole rings is 1. The van der Waals surface area contributed by atoms with Gasteiger partial charge in [-0.3, -0.25) is 0 Å². The van der Waals surface area contributed by atoms with E-state index >= 15 is 0 Å². The summed E-state index contributed by atoms with van der Waals surface area (Å²) in [6, 6.07) is 10.4. The van der Waals surface area contributed by atoms with E-state index < -0.39 is 11.6 Å². The van der Waals surface area contributed by atoms with E-state index in [0.29, 0.717) is 12.8 Å². The highest BCUT2D eigenvalue weighted by Gasteiger charge is 2.40. The zero-order valence-corrected chi connectivity index (χ0v) is 20.2. The molecule has 0 aliphatic carbocycles. The predicted molar refractivity (Wildman–Crippen MR) is 125 cm³/mol. The summed E-state index contributed by atoms with van der Waals surface area (Å²) in [5.41, 5.74) is 0.731. The number of likely N-dealkylation sites (tertiary alicyclic amines) is 1. The van der Waals surface area contributed by atoms with Crippen molar-refractivity contribution >= 4 is 18.1 Å². The molecule has 180 valence electrons. The van der Waals surface area contributed by atoms with Crippen molar-refractivity contribution in [1.29, 1.82) is 0 Å². The lowest BCUT2D eigenvalue weighted by molar-refractivity contribution is -0.00753. The average Bonchev–Trinajstić information content (AvgIpc) is 3.21. The number of nitrogens with one attached hydrogen (secondary N) is 1. The van der Waals surface area contributed by atoms with E-state index in [0.717, 1.165) is 18.4 Å². The maximum Gasteiger partial charge on any atom is 0.410 e. The molecule has 0 bridgehead atoms. The first-order chi connectivity index (χ1) is 15.7. The van der Waals surface area contributed by atoms with Crippen LogP contribution in [0.1, 0.15) is 69.9 Å². The van der Waals surface area contributed by atoms with Gasteiger partial charge in [-0.15, -0.1) is 0 Å². The molecule has 1 fully saturated rings. The van der Waals surface area contributed by atoms with Gasteiger partial charge in [-0.25, -0.2) is 9.59 Å². The van der Waals surface area contributed by atoms with Crippen molar-refractivity contribution in [2.75, 3.05) is 11.9 Å². The number of hydrogen-bond acceptors (Lipinski definition) is 7. The standard InChI is InChI=1S/C25H35N3O5/c1-6-19-14-18(26-23-27-21(16-32-23)22(29)31-7-2)15-20(13-17-11-9-8-10-12-17)28(19)24(30)33-25(3,4)5/h8-12,16,18-20H,6-7,13-15H2,1-5H3,(H,26,27). The van der Waals surface area contributed by atoms with Crippen LogP contribution in [0.3, 0.4) is 0 Å². The number of anilines is 1. The highest BCUT2D eigenvalue weighted by molar-refractivity contribution is 5.87. The molecular weight excluding hydrogens is 422 g/mol. The van der Waals surface area contributed by atoms with E-state index in [1.165, 1.54) is 6.26 Å². The second-order valence-corrected chi connectivity index (χ2v) is 9.36. The minimum absolute atomic E-state index is 0.000647. The van der Waals surface area contributed by atoms with Crippen molar-refractivity contribution in [3.8, 4) is 0 Å². The third-order valence-electron chi connectivity index (χ3n) is 5.61. The number of esters is 1. The minimum Gasteiger partial charge on any atom is -0.461 e. The van der Waals surface area contributed by atoms with Crippen LogP contribution in [-0.2, 0) is 15.9 Å². The zero-order valence-electron chi connectivity index (χ0n) is 20.2. The Bertz CT molecular complexity index is 922. The molecule has 3 rings (SSSR count). The Morgan fingerprint density at radius 3 is 2.48 bits per heavy atom. The van der Waals surface area contributed by atoms with Gasteiger partial charge in [-0.2, -0.15) is 4.98 Å². The summed E-state index contributed by atoms with van der Waals surface area (Å²) in [4.78, 5) is 31.2. The Morgan fingerprint density at radius 2 is 1.85 bits per heavy atom. The number of ether oxygens (including phenoxy) is 2. The Labute approximate surface area is 195 Å². The first kappa shape index (κ1) is 24.6. The minimum atomic E-state index is -0.566. The molecule has 0 spiro atoms. The van der Waals surface area contributed by atoms with Gasteiger partial charge >= 0.3 is 12.1 Å². The Balaban J connectivity index is 1.80. The number of amides is 1. The summed E-state index contributed by atoms with van der Waals surface area (Å²) in [5, 5.41) is 3.32. The van der Waals surface area contributed by atoms with Crippen LogP contribution in [0.2, 0.25) is 0 Å². The molecule has 3 unspecified atom stereocenters. The van der Waals surface area contributed by atoms with Gasteiger partial charge in [0.25, 0.3) is 6.01 Å². The lowest BCUT2D eigenvalue weighted by Gasteiger charge is -2.45. The molecule has 1 saturated heterocycles. The lowest BCUT2D eigenvalue weighted by Crippen LogP contribution is -2.56. The molecular formula is C25H35N3O5. The average molecular weight is 458 g/mol. The number of nitrogens with zero attached hydrogens (tertiary/aromatic N) is 2. The lowest BCUT2D eigenvalue weighted by atomic mass is 9.87. The third kappa shape index (κ3) is 6.73. The van der Waals surface area contributed by atoms with Crippen LogP contribution in [-0.4, -0.2) is 52.3 Å². The Kier molecular flexibility index (Phi) is 8.00. The van der Waals surface area contributed by atoms with Crippen LogP contribution in [0.15, 0.2) is 41.0 Å². The summed E-state index contributed by atoms with van der Waals surface area (Å²) >= 11 is 0. The normalized spacial score (nSPS) is 20.9. The third-order valence-corrected chi connectivity index (χ3v) is 5.61. The van der Waals surface area contributed by atoms with Gasteiger partial charge in [-0.1, -0.05) is 37.3 Å². The van der Waals surface area contributed by atoms with Crippen LogP contribution >= 0.6 is 0 Å². The molecule has 1 amide bonds. The quantitative estimate of drug-likeness (QED) is 0.581. The first-order valence-electron chi connectivity index (χ1n) is 11.6. The van der Waals surface area contributed by atoms with Gasteiger partial charge in [0.1, 0.15) is 11.9 Å². The fraction of sp³-hybridized carbons (Fsp3) is 0.560. The maximum atomic E-state index is 13.2. The van der Waals surface area contributed by atoms with Crippen LogP contribution < -0.4 is 5.32 Å². The van der Waals surface area contributed by atoms with Crippen LogP contribution in [0.4, 0.5) is 10.8 Å². The molecule has 2 aromatic rings. The molecule has 8 heteroatoms. The number of piperidine rings is 1. The van der Waals surface area contributed by atoms with Crippen LogP contribution in [0.25, 0.3) is 0 Å². The van der Waals surface area contributed by atoms with Gasteiger partial charge in [0.2, 0.25) is 0 Å². The molecule has 1 N–H and O–H groups in total. The first-order valence-corrected chi connectivity index (χ1v) is 11.6. The molecule has 0 radical (unpaired) electrons. The maximum absolute atomic E-state index is 13.2. The highest BCUT2D eigenvalue weighted by atomic mass is 16.6. The van der Waals surface area contributed by atoms with Crippen molar-refractivity contribution < 1.29 is 23.5 Å². The molecule has 8 nitrogen and oxygen atoms in total. The molecule has 0 saturated carbocycles. The number of rotatable bonds is 7. The van der Waals surface area contributed by atoms with Crippen molar-refractivity contribution in [2.45, 2.75) is 84.0 Å². The number of carbonyl (C=O) groups excluding carboxylic acids is 2. The van der Waals surface area contributed by atoms with Crippen molar-refractivity contribution in [1.82, 2.24) is 9.88 Å². The number of benzene rings is 1. The van der Waals surface area contributed by atoms with Gasteiger partial charge in [0.05, 0.1) is 6.61 Å². The largest absolute Gasteiger partial charge is 0.461 e. The summed E-state index contributed by atoms with van der Waals surface area (Å²) in [7, 11) is 0. The van der Waals surface area contributed by atoms with E-state index in [1.54, 1.807) is 6.92 Å². The Hall–Kier alpha value is -3.03. The molecule has 2 heterocycles. The zero-order chi connectivity index (χ0) is 24.0. The number of carbonyl (C=O) groups is 2. The van der Waals surface area contributed by atoms with E-state index in [2.05, 4.69) is 29.4 Å². The van der Waals surface area contributed by atoms with Crippen molar-refractivity contribution in [2.24, 2.45) is 0 Å². The SMILES string of the molecule is CCOC(=O)c1coc(NC2CC(CC)N(C(=O)OC(C)(C)C)C(Cc3ccccc3)C2)n1. The molecule has 1 aliphatic rings. The fourth-order valence-corrected chi connectivity index (χ4v) is 4.25. The van der Waals surface area contributed by atoms with Gasteiger partial charge < -0.3 is 24.1 Å². The summed E-state index contributed by atoms with van der Waals surface area (Å²) < 4.78 is 16.2. The van der Waals surface area contributed by atoms with Crippen molar-refractivity contribution in [3.63, 3.8) is 0 Å². The van der Waals surface area contributed by atoms with Gasteiger partial charge in [0.15, 0.2) is 5.69 Å².